The first-order valence-corrected chi connectivity index (χ1v) is 8.42. The lowest BCUT2D eigenvalue weighted by Gasteiger charge is -2.16. The average Bonchev–Trinajstić information content (AvgIpc) is 2.55. The van der Waals surface area contributed by atoms with E-state index < -0.39 is 7.82 Å². The van der Waals surface area contributed by atoms with Gasteiger partial charge in [-0.1, -0.05) is 36.4 Å². The third kappa shape index (κ3) is 7.90. The van der Waals surface area contributed by atoms with E-state index in [0.717, 1.165) is 11.1 Å². The van der Waals surface area contributed by atoms with Gasteiger partial charge in [0, 0.05) is 6.92 Å². The van der Waals surface area contributed by atoms with Gasteiger partial charge in [0.2, 0.25) is 0 Å². The number of ether oxygens (including phenoxy) is 1. The summed E-state index contributed by atoms with van der Waals surface area (Å²) in [6, 6.07) is 7.15. The van der Waals surface area contributed by atoms with E-state index in [9.17, 15) is 9.36 Å². The maximum atomic E-state index is 12.3. The van der Waals surface area contributed by atoms with Crippen molar-refractivity contribution in [3.63, 3.8) is 0 Å². The fourth-order valence-corrected chi connectivity index (χ4v) is 2.58. The summed E-state index contributed by atoms with van der Waals surface area (Å²) in [7, 11) is -3.67. The Hall–Kier alpha value is -1.72. The molecule has 0 aliphatic carbocycles. The predicted molar refractivity (Wildman–Crippen MR) is 86.6 cm³/mol. The molecular formula is C16H21O6P. The van der Waals surface area contributed by atoms with Gasteiger partial charge in [-0.2, -0.15) is 0 Å². The first-order chi connectivity index (χ1) is 11.0. The van der Waals surface area contributed by atoms with Crippen molar-refractivity contribution < 1.29 is 27.7 Å². The van der Waals surface area contributed by atoms with Gasteiger partial charge in [0.05, 0.1) is 19.8 Å². The van der Waals surface area contributed by atoms with Crippen LogP contribution in [0.5, 0.6) is 0 Å². The van der Waals surface area contributed by atoms with Crippen molar-refractivity contribution in [3.8, 4) is 0 Å². The maximum absolute atomic E-state index is 12.3. The molecule has 0 saturated heterocycles. The molecular weight excluding hydrogens is 319 g/mol. The van der Waals surface area contributed by atoms with E-state index in [4.69, 9.17) is 18.3 Å². The molecule has 0 bridgehead atoms. The number of hydrogen-bond acceptors (Lipinski definition) is 6. The van der Waals surface area contributed by atoms with Gasteiger partial charge in [-0.25, -0.2) is 4.57 Å². The topological polar surface area (TPSA) is 71.1 Å². The normalized spacial score (nSPS) is 11.0. The van der Waals surface area contributed by atoms with Gasteiger partial charge in [-0.3, -0.25) is 18.4 Å². The molecule has 0 saturated carbocycles. The van der Waals surface area contributed by atoms with Crippen molar-refractivity contribution in [3.05, 3.63) is 60.7 Å². The molecule has 0 unspecified atom stereocenters. The summed E-state index contributed by atoms with van der Waals surface area (Å²) >= 11 is 0. The number of rotatable bonds is 11. The molecule has 0 aliphatic rings. The first-order valence-electron chi connectivity index (χ1n) is 6.95. The number of phosphoric ester groups is 1. The second kappa shape index (κ2) is 10.1. The van der Waals surface area contributed by atoms with Crippen LogP contribution in [0.3, 0.4) is 0 Å². The molecule has 23 heavy (non-hydrogen) atoms. The number of carbonyl (C=O) groups is 1. The molecule has 0 fully saturated rings. The fourth-order valence-electron chi connectivity index (χ4n) is 1.47. The maximum Gasteiger partial charge on any atom is 0.475 e. The third-order valence-electron chi connectivity index (χ3n) is 2.56. The van der Waals surface area contributed by atoms with E-state index in [0.29, 0.717) is 0 Å². The summed E-state index contributed by atoms with van der Waals surface area (Å²) in [5.41, 5.74) is 1.62. The number of esters is 1. The van der Waals surface area contributed by atoms with E-state index in [-0.39, 0.29) is 32.4 Å². The molecule has 0 aromatic heterocycles. The molecule has 0 spiro atoms. The molecule has 1 aromatic rings. The lowest BCUT2D eigenvalue weighted by atomic mass is 10.1. The van der Waals surface area contributed by atoms with E-state index in [1.54, 1.807) is 24.3 Å². The first kappa shape index (κ1) is 19.3. The highest BCUT2D eigenvalue weighted by Crippen LogP contribution is 2.50. The van der Waals surface area contributed by atoms with Crippen LogP contribution in [0.4, 0.5) is 0 Å². The minimum Gasteiger partial charge on any atom is -0.461 e. The Morgan fingerprint density at radius 1 is 1.00 bits per heavy atom. The second-order valence-electron chi connectivity index (χ2n) is 4.49. The van der Waals surface area contributed by atoms with Gasteiger partial charge in [0.15, 0.2) is 0 Å². The summed E-state index contributed by atoms with van der Waals surface area (Å²) in [6.07, 6.45) is 2.91. The number of phosphoric acid groups is 1. The minimum absolute atomic E-state index is 0.0513. The van der Waals surface area contributed by atoms with Gasteiger partial charge in [0.25, 0.3) is 0 Å². The highest BCUT2D eigenvalue weighted by Gasteiger charge is 2.25. The van der Waals surface area contributed by atoms with Crippen molar-refractivity contribution in [2.24, 2.45) is 0 Å². The molecule has 1 aromatic carbocycles. The van der Waals surface area contributed by atoms with Gasteiger partial charge < -0.3 is 4.74 Å². The second-order valence-corrected chi connectivity index (χ2v) is 6.16. The van der Waals surface area contributed by atoms with E-state index >= 15 is 0 Å². The number of hydrogen-bond donors (Lipinski definition) is 0. The summed E-state index contributed by atoms with van der Waals surface area (Å²) in [4.78, 5) is 10.8. The van der Waals surface area contributed by atoms with Crippen LogP contribution in [0.15, 0.2) is 49.6 Å². The summed E-state index contributed by atoms with van der Waals surface area (Å²) in [5.74, 6) is -0.336. The molecule has 0 amide bonds. The predicted octanol–water partition coefficient (Wildman–Crippen LogP) is 3.78. The van der Waals surface area contributed by atoms with Crippen molar-refractivity contribution in [2.45, 2.75) is 20.1 Å². The Morgan fingerprint density at radius 3 is 1.91 bits per heavy atom. The Labute approximate surface area is 136 Å². The quantitative estimate of drug-likeness (QED) is 0.347. The molecule has 0 heterocycles. The molecule has 6 nitrogen and oxygen atoms in total. The summed E-state index contributed by atoms with van der Waals surface area (Å²) in [5, 5.41) is 0. The highest BCUT2D eigenvalue weighted by atomic mass is 31.2. The Kier molecular flexibility index (Phi) is 8.51. The highest BCUT2D eigenvalue weighted by molar-refractivity contribution is 7.48. The Balaban J connectivity index is 2.59. The minimum atomic E-state index is -3.67. The zero-order chi connectivity index (χ0) is 17.1. The number of benzene rings is 1. The fraction of sp³-hybridized carbons (Fsp3) is 0.312. The van der Waals surface area contributed by atoms with Crippen molar-refractivity contribution in [1.29, 1.82) is 0 Å². The van der Waals surface area contributed by atoms with Gasteiger partial charge >= 0.3 is 13.8 Å². The van der Waals surface area contributed by atoms with Crippen LogP contribution in [0.25, 0.3) is 0 Å². The standard InChI is InChI=1S/C16H21O6P/c1-4-10-20-23(18,21-11-5-2)22-13-16-8-6-15(7-9-16)12-19-14(3)17/h4-9H,1-2,10-13H2,3H3. The van der Waals surface area contributed by atoms with Gasteiger partial charge in [0.1, 0.15) is 6.61 Å². The van der Waals surface area contributed by atoms with Crippen LogP contribution in [-0.4, -0.2) is 19.2 Å². The zero-order valence-corrected chi connectivity index (χ0v) is 14.0. The lowest BCUT2D eigenvalue weighted by molar-refractivity contribution is -0.142. The van der Waals surface area contributed by atoms with Crippen LogP contribution < -0.4 is 0 Å². The SMILES string of the molecule is C=CCOP(=O)(OCC=C)OCc1ccc(COC(C)=O)cc1. The van der Waals surface area contributed by atoms with E-state index in [1.165, 1.54) is 19.1 Å². The number of carbonyl (C=O) groups excluding carboxylic acids is 1. The van der Waals surface area contributed by atoms with E-state index in [1.807, 2.05) is 0 Å². The lowest BCUT2D eigenvalue weighted by Crippen LogP contribution is -2.02. The molecule has 1 rings (SSSR count). The van der Waals surface area contributed by atoms with Crippen LogP contribution in [0.2, 0.25) is 0 Å². The van der Waals surface area contributed by atoms with Crippen molar-refractivity contribution in [1.82, 2.24) is 0 Å². The largest absolute Gasteiger partial charge is 0.475 e. The molecule has 0 aliphatic heterocycles. The smallest absolute Gasteiger partial charge is 0.461 e. The zero-order valence-electron chi connectivity index (χ0n) is 13.1. The van der Waals surface area contributed by atoms with Crippen LogP contribution in [-0.2, 0) is 40.9 Å². The van der Waals surface area contributed by atoms with Crippen molar-refractivity contribution in [2.75, 3.05) is 13.2 Å². The van der Waals surface area contributed by atoms with Crippen molar-refractivity contribution >= 4 is 13.8 Å². The molecule has 0 atom stereocenters. The molecule has 0 N–H and O–H groups in total. The van der Waals surface area contributed by atoms with Crippen LogP contribution in [0, 0.1) is 0 Å². The molecule has 0 radical (unpaired) electrons. The van der Waals surface area contributed by atoms with Crippen LogP contribution in [0.1, 0.15) is 18.1 Å². The summed E-state index contributed by atoms with van der Waals surface area (Å²) < 4.78 is 32.7. The average molecular weight is 340 g/mol. The third-order valence-corrected chi connectivity index (χ3v) is 3.93. The Morgan fingerprint density at radius 2 is 1.48 bits per heavy atom. The van der Waals surface area contributed by atoms with Crippen LogP contribution >= 0.6 is 7.82 Å². The van der Waals surface area contributed by atoms with Gasteiger partial charge in [-0.05, 0) is 11.1 Å². The van der Waals surface area contributed by atoms with Gasteiger partial charge in [-0.15, -0.1) is 13.2 Å². The molecule has 7 heteroatoms. The molecule has 126 valence electrons. The monoisotopic (exact) mass is 340 g/mol. The van der Waals surface area contributed by atoms with E-state index in [2.05, 4.69) is 13.2 Å². The summed E-state index contributed by atoms with van der Waals surface area (Å²) in [6.45, 7) is 8.70. The Bertz CT molecular complexity index is 550.